The van der Waals surface area contributed by atoms with Gasteiger partial charge in [0.05, 0.1) is 29.8 Å². The highest BCUT2D eigenvalue weighted by Gasteiger charge is 2.51. The second kappa shape index (κ2) is 8.68. The van der Waals surface area contributed by atoms with Crippen LogP contribution in [0.25, 0.3) is 0 Å². The van der Waals surface area contributed by atoms with Gasteiger partial charge in [0.15, 0.2) is 5.82 Å². The molecule has 2 heterocycles. The summed E-state index contributed by atoms with van der Waals surface area (Å²) >= 11 is 5.85. The van der Waals surface area contributed by atoms with E-state index in [9.17, 15) is 14.3 Å². The van der Waals surface area contributed by atoms with E-state index in [0.29, 0.717) is 47.6 Å². The Morgan fingerprint density at radius 2 is 2.06 bits per heavy atom. The zero-order valence-corrected chi connectivity index (χ0v) is 19.6. The Kier molecular flexibility index (Phi) is 5.83. The lowest BCUT2D eigenvalue weighted by molar-refractivity contribution is 0.0300. The minimum absolute atomic E-state index is 0.0541. The van der Waals surface area contributed by atoms with Gasteiger partial charge in [-0.25, -0.2) is 14.9 Å². The molecule has 9 nitrogen and oxygen atoms in total. The van der Waals surface area contributed by atoms with Gasteiger partial charge in [-0.2, -0.15) is 5.10 Å². The normalized spacial score (nSPS) is 26.0. The fraction of sp³-hybridized carbons (Fsp3) is 0.435. The maximum atomic E-state index is 13.5. The topological polar surface area (TPSA) is 117 Å². The smallest absolute Gasteiger partial charge is 0.274 e. The molecular weight excluding hydrogens is 463 g/mol. The van der Waals surface area contributed by atoms with E-state index in [1.165, 1.54) is 25.3 Å². The number of aromatic nitrogens is 4. The quantitative estimate of drug-likeness (QED) is 0.390. The van der Waals surface area contributed by atoms with Crippen LogP contribution < -0.4 is 10.8 Å². The fourth-order valence-electron chi connectivity index (χ4n) is 5.61. The van der Waals surface area contributed by atoms with Gasteiger partial charge < -0.3 is 15.0 Å². The van der Waals surface area contributed by atoms with Crippen molar-refractivity contribution in [1.29, 1.82) is 0 Å². The minimum atomic E-state index is -0.965. The maximum Gasteiger partial charge on any atom is 0.274 e. The Balaban J connectivity index is 1.30. The van der Waals surface area contributed by atoms with Crippen LogP contribution in [0.1, 0.15) is 53.5 Å². The zero-order chi connectivity index (χ0) is 24.0. The van der Waals surface area contributed by atoms with Gasteiger partial charge in [-0.05, 0) is 55.7 Å². The number of fused-ring (bicyclic) bond motifs is 1. The molecule has 1 aromatic carbocycles. The van der Waals surface area contributed by atoms with Gasteiger partial charge in [0, 0.05) is 24.7 Å². The highest BCUT2D eigenvalue weighted by atomic mass is 35.5. The molecule has 2 saturated carbocycles. The van der Waals surface area contributed by atoms with Crippen molar-refractivity contribution in [1.82, 2.24) is 19.7 Å². The monoisotopic (exact) mass is 488 g/mol. The molecule has 11 heteroatoms. The van der Waals surface area contributed by atoms with E-state index >= 15 is 0 Å². The molecule has 0 spiro atoms. The molecule has 2 atom stereocenters. The number of amides is 1. The number of carbonyl (C=O) groups excluding carboxylic acids is 1. The number of H-pyrrole nitrogens is 1. The van der Waals surface area contributed by atoms with Crippen molar-refractivity contribution >= 4 is 29.0 Å². The van der Waals surface area contributed by atoms with Crippen molar-refractivity contribution in [2.24, 2.45) is 18.9 Å². The summed E-state index contributed by atoms with van der Waals surface area (Å²) in [7, 11) is 3.28. The lowest BCUT2D eigenvalue weighted by atomic mass is 9.90. The van der Waals surface area contributed by atoms with Gasteiger partial charge >= 0.3 is 0 Å². The number of anilines is 2. The average Bonchev–Trinajstić information content (AvgIpc) is 3.54. The third kappa shape index (κ3) is 4.06. The van der Waals surface area contributed by atoms with Crippen LogP contribution in [-0.4, -0.2) is 37.9 Å². The van der Waals surface area contributed by atoms with E-state index in [1.807, 2.05) is 0 Å². The Hall–Kier alpha value is -2.95. The van der Waals surface area contributed by atoms with Crippen molar-refractivity contribution in [2.75, 3.05) is 17.9 Å². The molecule has 2 aliphatic carbocycles. The van der Waals surface area contributed by atoms with Gasteiger partial charge in [-0.3, -0.25) is 14.7 Å². The predicted molar refractivity (Wildman–Crippen MR) is 124 cm³/mol. The van der Waals surface area contributed by atoms with Gasteiger partial charge in [-0.1, -0.05) is 11.6 Å². The molecule has 0 radical (unpaired) electrons. The van der Waals surface area contributed by atoms with Crippen LogP contribution in [0.15, 0.2) is 30.6 Å². The SMILES string of the molecule is CONc1cc(C2(O)CC3CC(c4ncn(C)c4C(=O)Nc4ccc(F)c(Cl)c4)CC3C2)[nH]n1. The molecule has 0 saturated heterocycles. The molecule has 5 rings (SSSR count). The molecule has 2 aliphatic rings. The third-order valence-corrected chi connectivity index (χ3v) is 7.36. The first-order valence-corrected chi connectivity index (χ1v) is 11.5. The van der Waals surface area contributed by atoms with E-state index < -0.39 is 11.4 Å². The summed E-state index contributed by atoms with van der Waals surface area (Å²) < 4.78 is 15.2. The second-order valence-electron chi connectivity index (χ2n) is 9.27. The number of nitrogens with one attached hydrogen (secondary N) is 3. The first-order chi connectivity index (χ1) is 16.3. The van der Waals surface area contributed by atoms with Crippen LogP contribution >= 0.6 is 11.6 Å². The summed E-state index contributed by atoms with van der Waals surface area (Å²) in [5.41, 5.74) is 4.01. The van der Waals surface area contributed by atoms with Crippen molar-refractivity contribution < 1.29 is 19.1 Å². The number of aromatic amines is 1. The van der Waals surface area contributed by atoms with Gasteiger partial charge in [0.25, 0.3) is 5.91 Å². The van der Waals surface area contributed by atoms with Gasteiger partial charge in [0.1, 0.15) is 17.1 Å². The lowest BCUT2D eigenvalue weighted by Gasteiger charge is -2.23. The van der Waals surface area contributed by atoms with E-state index in [4.69, 9.17) is 16.4 Å². The Labute approximate surface area is 200 Å². The number of benzene rings is 1. The second-order valence-corrected chi connectivity index (χ2v) is 9.68. The van der Waals surface area contributed by atoms with Crippen LogP contribution in [-0.2, 0) is 17.5 Å². The average molecular weight is 489 g/mol. The largest absolute Gasteiger partial charge is 0.384 e. The van der Waals surface area contributed by atoms with Crippen LogP contribution in [0.3, 0.4) is 0 Å². The summed E-state index contributed by atoms with van der Waals surface area (Å²) in [5.74, 6) is 0.400. The summed E-state index contributed by atoms with van der Waals surface area (Å²) in [5, 5.41) is 21.1. The molecule has 2 unspecified atom stereocenters. The van der Waals surface area contributed by atoms with Crippen LogP contribution in [0.4, 0.5) is 15.9 Å². The standard InChI is InChI=1S/C23H26ClFN6O3/c1-31-11-26-20(21(31)22(32)27-15-3-4-17(25)16(24)7-15)12-5-13-9-23(33,10-14(13)6-12)18-8-19(29-28-18)30-34-2/h3-4,7-8,11-14,33H,5-6,9-10H2,1-2H3,(H,27,32)(H2,28,29,30). The molecule has 3 aromatic rings. The Bertz CT molecular complexity index is 1210. The summed E-state index contributed by atoms with van der Waals surface area (Å²) in [4.78, 5) is 22.5. The number of aryl methyl sites for hydroxylation is 1. The van der Waals surface area contributed by atoms with Gasteiger partial charge in [-0.15, -0.1) is 0 Å². The van der Waals surface area contributed by atoms with E-state index in [0.717, 1.165) is 18.5 Å². The van der Waals surface area contributed by atoms with Crippen LogP contribution in [0, 0.1) is 17.7 Å². The summed E-state index contributed by atoms with van der Waals surface area (Å²) in [6.07, 6.45) is 4.55. The molecular formula is C23H26ClFN6O3. The van der Waals surface area contributed by atoms with E-state index in [-0.39, 0.29) is 16.8 Å². The van der Waals surface area contributed by atoms with Crippen LogP contribution in [0.5, 0.6) is 0 Å². The molecule has 180 valence electrons. The predicted octanol–water partition coefficient (Wildman–Crippen LogP) is 3.95. The van der Waals surface area contributed by atoms with Crippen molar-refractivity contribution in [3.8, 4) is 0 Å². The number of aliphatic hydroxyl groups is 1. The molecule has 2 aromatic heterocycles. The fourth-order valence-corrected chi connectivity index (χ4v) is 5.79. The molecule has 1 amide bonds. The number of imidazole rings is 1. The number of rotatable bonds is 6. The molecule has 0 bridgehead atoms. The summed E-state index contributed by atoms with van der Waals surface area (Å²) in [6, 6.07) is 5.84. The third-order valence-electron chi connectivity index (χ3n) is 7.07. The number of nitrogens with zero attached hydrogens (tertiary/aromatic N) is 3. The molecule has 2 fully saturated rings. The number of halogens is 2. The van der Waals surface area contributed by atoms with E-state index in [1.54, 1.807) is 24.0 Å². The maximum absolute atomic E-state index is 13.5. The van der Waals surface area contributed by atoms with Crippen molar-refractivity contribution in [2.45, 2.75) is 37.2 Å². The Morgan fingerprint density at radius 3 is 2.74 bits per heavy atom. The highest BCUT2D eigenvalue weighted by Crippen LogP contribution is 2.56. The van der Waals surface area contributed by atoms with Crippen molar-refractivity contribution in [3.63, 3.8) is 0 Å². The molecule has 0 aliphatic heterocycles. The first-order valence-electron chi connectivity index (χ1n) is 11.1. The van der Waals surface area contributed by atoms with Crippen molar-refractivity contribution in [3.05, 3.63) is 58.5 Å². The lowest BCUT2D eigenvalue weighted by Crippen LogP contribution is -2.24. The number of hydrogen-bond acceptors (Lipinski definition) is 6. The summed E-state index contributed by atoms with van der Waals surface area (Å²) in [6.45, 7) is 0. The highest BCUT2D eigenvalue weighted by molar-refractivity contribution is 6.31. The zero-order valence-electron chi connectivity index (χ0n) is 18.8. The van der Waals surface area contributed by atoms with E-state index in [2.05, 4.69) is 26.0 Å². The van der Waals surface area contributed by atoms with Crippen LogP contribution in [0.2, 0.25) is 5.02 Å². The molecule has 34 heavy (non-hydrogen) atoms. The first kappa shape index (κ1) is 22.8. The Morgan fingerprint density at radius 1 is 1.32 bits per heavy atom. The number of hydrogen-bond donors (Lipinski definition) is 4. The minimum Gasteiger partial charge on any atom is -0.384 e. The number of carbonyl (C=O) groups is 1. The molecule has 4 N–H and O–H groups in total. The van der Waals surface area contributed by atoms with Gasteiger partial charge in [0.2, 0.25) is 0 Å².